The fourth-order valence-electron chi connectivity index (χ4n) is 2.11. The van der Waals surface area contributed by atoms with Gasteiger partial charge in [0.15, 0.2) is 0 Å². The first-order valence-electron chi connectivity index (χ1n) is 6.33. The Bertz CT molecular complexity index is 718. The average Bonchev–Trinajstić information content (AvgIpc) is 2.44. The number of rotatable bonds is 3. The lowest BCUT2D eigenvalue weighted by Gasteiger charge is -2.18. The van der Waals surface area contributed by atoms with E-state index in [2.05, 4.69) is 4.74 Å². The Morgan fingerprint density at radius 3 is 1.96 bits per heavy atom. The number of benzene rings is 2. The molecule has 0 saturated carbocycles. The third-order valence-corrected chi connectivity index (χ3v) is 3.03. The van der Waals surface area contributed by atoms with Gasteiger partial charge in [0.1, 0.15) is 5.75 Å². The summed E-state index contributed by atoms with van der Waals surface area (Å²) < 4.78 is 107. The monoisotopic (exact) mass is 356 g/mol. The van der Waals surface area contributed by atoms with Gasteiger partial charge in [-0.2, -0.15) is 35.1 Å². The Morgan fingerprint density at radius 1 is 0.792 bits per heavy atom. The van der Waals surface area contributed by atoms with Crippen molar-refractivity contribution in [2.24, 2.45) is 0 Å². The second kappa shape index (κ2) is 6.29. The molecule has 0 aliphatic carbocycles. The molecule has 0 N–H and O–H groups in total. The molecule has 0 aliphatic rings. The van der Waals surface area contributed by atoms with E-state index in [-0.39, 0.29) is 0 Å². The summed E-state index contributed by atoms with van der Waals surface area (Å²) in [4.78, 5) is 0. The molecule has 9 heteroatoms. The maximum absolute atomic E-state index is 13.1. The minimum Gasteiger partial charge on any atom is -0.434 e. The molecule has 0 atom stereocenters. The minimum absolute atomic E-state index is 0.447. The lowest BCUT2D eigenvalue weighted by molar-refractivity contribution is -0.137. The molecule has 2 rings (SSSR count). The second-order valence-corrected chi connectivity index (χ2v) is 4.63. The van der Waals surface area contributed by atoms with Crippen LogP contribution in [0.25, 0.3) is 11.1 Å². The maximum atomic E-state index is 13.1. The molecule has 0 aromatic heterocycles. The van der Waals surface area contributed by atoms with Gasteiger partial charge in [-0.15, -0.1) is 0 Å². The SMILES string of the molecule is FC(F)Oc1cccc(C(F)(F)F)c1-c1cccc(C(F)(F)F)c1. The van der Waals surface area contributed by atoms with Crippen molar-refractivity contribution >= 4 is 0 Å². The molecule has 0 radical (unpaired) electrons. The predicted octanol–water partition coefficient (Wildman–Crippen LogP) is 5.99. The van der Waals surface area contributed by atoms with Crippen LogP contribution in [0, 0.1) is 0 Å². The Balaban J connectivity index is 2.71. The van der Waals surface area contributed by atoms with E-state index in [0.717, 1.165) is 24.3 Å². The van der Waals surface area contributed by atoms with Crippen molar-refractivity contribution in [3.63, 3.8) is 0 Å². The van der Waals surface area contributed by atoms with Crippen LogP contribution in [0.3, 0.4) is 0 Å². The van der Waals surface area contributed by atoms with Crippen LogP contribution >= 0.6 is 0 Å². The highest BCUT2D eigenvalue weighted by Gasteiger charge is 2.36. The van der Waals surface area contributed by atoms with Gasteiger partial charge in [-0.1, -0.05) is 18.2 Å². The summed E-state index contributed by atoms with van der Waals surface area (Å²) in [5.41, 5.74) is -4.00. The smallest absolute Gasteiger partial charge is 0.417 e. The van der Waals surface area contributed by atoms with Crippen LogP contribution < -0.4 is 4.74 Å². The third kappa shape index (κ3) is 3.95. The van der Waals surface area contributed by atoms with Gasteiger partial charge >= 0.3 is 19.0 Å². The standard InChI is InChI=1S/C15H8F8O/c16-13(17)24-11-6-2-5-10(15(21,22)23)12(11)8-3-1-4-9(7-8)14(18,19)20/h1-7,13H. The van der Waals surface area contributed by atoms with Crippen molar-refractivity contribution < 1.29 is 39.9 Å². The molecule has 24 heavy (non-hydrogen) atoms. The van der Waals surface area contributed by atoms with Crippen molar-refractivity contribution in [2.75, 3.05) is 0 Å². The molecule has 0 aliphatic heterocycles. The average molecular weight is 356 g/mol. The Morgan fingerprint density at radius 2 is 1.42 bits per heavy atom. The Labute approximate surface area is 130 Å². The molecule has 2 aromatic carbocycles. The molecule has 0 fully saturated rings. The first-order valence-corrected chi connectivity index (χ1v) is 6.33. The van der Waals surface area contributed by atoms with Crippen LogP contribution in [0.4, 0.5) is 35.1 Å². The van der Waals surface area contributed by atoms with Crippen LogP contribution in [0.15, 0.2) is 42.5 Å². The van der Waals surface area contributed by atoms with Crippen molar-refractivity contribution in [1.82, 2.24) is 0 Å². The summed E-state index contributed by atoms with van der Waals surface area (Å²) in [5, 5.41) is 0. The molecule has 130 valence electrons. The van der Waals surface area contributed by atoms with Crippen molar-refractivity contribution in [3.8, 4) is 16.9 Å². The summed E-state index contributed by atoms with van der Waals surface area (Å²) in [6.45, 7) is -3.43. The lowest BCUT2D eigenvalue weighted by Crippen LogP contribution is -2.11. The first-order chi connectivity index (χ1) is 11.0. The van der Waals surface area contributed by atoms with Gasteiger partial charge in [-0.3, -0.25) is 0 Å². The lowest BCUT2D eigenvalue weighted by atomic mass is 9.96. The van der Waals surface area contributed by atoms with Gasteiger partial charge in [-0.25, -0.2) is 0 Å². The molecule has 0 unspecified atom stereocenters. The van der Waals surface area contributed by atoms with Gasteiger partial charge in [0.2, 0.25) is 0 Å². The summed E-state index contributed by atoms with van der Waals surface area (Å²) >= 11 is 0. The largest absolute Gasteiger partial charge is 0.434 e. The molecule has 0 amide bonds. The molecule has 0 spiro atoms. The van der Waals surface area contributed by atoms with E-state index in [4.69, 9.17) is 0 Å². The van der Waals surface area contributed by atoms with Crippen LogP contribution in [-0.2, 0) is 12.4 Å². The zero-order chi connectivity index (χ0) is 18.1. The van der Waals surface area contributed by atoms with Gasteiger partial charge in [0, 0.05) is 5.56 Å². The van der Waals surface area contributed by atoms with Crippen molar-refractivity contribution in [3.05, 3.63) is 53.6 Å². The van der Waals surface area contributed by atoms with E-state index in [1.807, 2.05) is 0 Å². The van der Waals surface area contributed by atoms with Gasteiger partial charge in [0.25, 0.3) is 0 Å². The highest BCUT2D eigenvalue weighted by molar-refractivity contribution is 5.75. The van der Waals surface area contributed by atoms with E-state index in [1.165, 1.54) is 0 Å². The van der Waals surface area contributed by atoms with Gasteiger partial charge in [-0.05, 0) is 29.8 Å². The zero-order valence-electron chi connectivity index (χ0n) is 11.6. The summed E-state index contributed by atoms with van der Waals surface area (Å²) in [6.07, 6.45) is -9.77. The van der Waals surface area contributed by atoms with E-state index >= 15 is 0 Å². The molecule has 2 aromatic rings. The van der Waals surface area contributed by atoms with E-state index in [1.54, 1.807) is 0 Å². The van der Waals surface area contributed by atoms with Crippen molar-refractivity contribution in [2.45, 2.75) is 19.0 Å². The first kappa shape index (κ1) is 18.0. The quantitative estimate of drug-likeness (QED) is 0.614. The molecule has 0 saturated heterocycles. The number of hydrogen-bond donors (Lipinski definition) is 0. The van der Waals surface area contributed by atoms with Crippen LogP contribution in [-0.4, -0.2) is 6.61 Å². The number of ether oxygens (including phenoxy) is 1. The predicted molar refractivity (Wildman–Crippen MR) is 68.5 cm³/mol. The van der Waals surface area contributed by atoms with E-state index < -0.39 is 47.0 Å². The topological polar surface area (TPSA) is 9.23 Å². The van der Waals surface area contributed by atoms with E-state index in [9.17, 15) is 35.1 Å². The number of hydrogen-bond acceptors (Lipinski definition) is 1. The normalized spacial score (nSPS) is 12.5. The van der Waals surface area contributed by atoms with Crippen LogP contribution in [0.1, 0.15) is 11.1 Å². The van der Waals surface area contributed by atoms with Gasteiger partial charge < -0.3 is 4.74 Å². The minimum atomic E-state index is -4.97. The van der Waals surface area contributed by atoms with Crippen LogP contribution in [0.5, 0.6) is 5.75 Å². The molecular formula is C15H8F8O. The summed E-state index contributed by atoms with van der Waals surface area (Å²) in [5.74, 6) is -0.862. The second-order valence-electron chi connectivity index (χ2n) is 4.63. The summed E-state index contributed by atoms with van der Waals surface area (Å²) in [7, 11) is 0. The highest BCUT2D eigenvalue weighted by Crippen LogP contribution is 2.43. The van der Waals surface area contributed by atoms with Crippen molar-refractivity contribution in [1.29, 1.82) is 0 Å². The maximum Gasteiger partial charge on any atom is 0.417 e. The fourth-order valence-corrected chi connectivity index (χ4v) is 2.11. The third-order valence-electron chi connectivity index (χ3n) is 3.03. The van der Waals surface area contributed by atoms with Gasteiger partial charge in [0.05, 0.1) is 11.1 Å². The molecular weight excluding hydrogens is 348 g/mol. The molecule has 0 heterocycles. The Hall–Kier alpha value is -2.32. The number of halogens is 8. The highest BCUT2D eigenvalue weighted by atomic mass is 19.4. The molecule has 1 nitrogen and oxygen atoms in total. The zero-order valence-corrected chi connectivity index (χ0v) is 11.6. The molecule has 0 bridgehead atoms. The fraction of sp³-hybridized carbons (Fsp3) is 0.200. The number of alkyl halides is 8. The Kier molecular flexibility index (Phi) is 4.73. The van der Waals surface area contributed by atoms with Crippen LogP contribution in [0.2, 0.25) is 0 Å². The summed E-state index contributed by atoms with van der Waals surface area (Å²) in [6, 6.07) is 5.19. The van der Waals surface area contributed by atoms with E-state index in [0.29, 0.717) is 18.2 Å².